The molecule has 0 spiro atoms. The summed E-state index contributed by atoms with van der Waals surface area (Å²) >= 11 is 12.1. The van der Waals surface area contributed by atoms with Crippen molar-refractivity contribution in [2.24, 2.45) is 0 Å². The van der Waals surface area contributed by atoms with Gasteiger partial charge in [-0.1, -0.05) is 35.3 Å². The molecule has 0 saturated heterocycles. The second kappa shape index (κ2) is 5.03. The molecule has 1 heterocycles. The Morgan fingerprint density at radius 1 is 1.32 bits per heavy atom. The number of hydrogen-bond acceptors (Lipinski definition) is 1. The van der Waals surface area contributed by atoms with Crippen molar-refractivity contribution >= 4 is 28.8 Å². The molecule has 0 saturated carbocycles. The third-order valence-electron chi connectivity index (χ3n) is 3.46. The van der Waals surface area contributed by atoms with Gasteiger partial charge in [-0.05, 0) is 48.6 Å². The first-order chi connectivity index (χ1) is 9.19. The summed E-state index contributed by atoms with van der Waals surface area (Å²) in [6.45, 7) is 4.53. The van der Waals surface area contributed by atoms with Gasteiger partial charge in [-0.25, -0.2) is 0 Å². The van der Waals surface area contributed by atoms with Crippen molar-refractivity contribution in [2.75, 3.05) is 0 Å². The van der Waals surface area contributed by atoms with Gasteiger partial charge in [-0.2, -0.15) is 5.10 Å². The van der Waals surface area contributed by atoms with Crippen molar-refractivity contribution in [2.45, 2.75) is 19.4 Å². The molecule has 97 valence electrons. The number of aromatic nitrogens is 2. The van der Waals surface area contributed by atoms with Gasteiger partial charge in [-0.15, -0.1) is 0 Å². The molecule has 19 heavy (non-hydrogen) atoms. The van der Waals surface area contributed by atoms with Gasteiger partial charge in [0.05, 0.1) is 18.4 Å². The molecule has 0 atom stereocenters. The van der Waals surface area contributed by atoms with E-state index in [0.29, 0.717) is 16.6 Å². The lowest BCUT2D eigenvalue weighted by Gasteiger charge is -2.09. The molecular formula is C15H13Cl2N2. The van der Waals surface area contributed by atoms with Crippen LogP contribution in [0.5, 0.6) is 0 Å². The third kappa shape index (κ3) is 2.31. The van der Waals surface area contributed by atoms with Gasteiger partial charge in [0.2, 0.25) is 0 Å². The van der Waals surface area contributed by atoms with Crippen molar-refractivity contribution in [1.82, 2.24) is 9.78 Å². The van der Waals surface area contributed by atoms with Crippen LogP contribution in [0.15, 0.2) is 30.5 Å². The van der Waals surface area contributed by atoms with Crippen LogP contribution in [0.2, 0.25) is 10.0 Å². The molecule has 2 nitrogen and oxygen atoms in total. The van der Waals surface area contributed by atoms with Crippen molar-refractivity contribution < 1.29 is 0 Å². The number of allylic oxidation sites excluding steroid dienone is 2. The second-order valence-electron chi connectivity index (χ2n) is 4.64. The standard InChI is InChI=1S/C15H13Cl2N2/c1-2-10-3-4-11-8-18-19(15(10)11)9-12-5-6-13(16)7-14(12)17/h2,5-8H,1,3-4,9H2/b10-2+. The summed E-state index contributed by atoms with van der Waals surface area (Å²) in [6, 6.07) is 5.56. The number of rotatable bonds is 2. The van der Waals surface area contributed by atoms with Gasteiger partial charge >= 0.3 is 0 Å². The maximum atomic E-state index is 6.22. The van der Waals surface area contributed by atoms with Crippen LogP contribution in [-0.2, 0) is 13.0 Å². The Morgan fingerprint density at radius 3 is 2.89 bits per heavy atom. The minimum atomic E-state index is 0.651. The molecule has 0 amide bonds. The molecule has 0 fully saturated rings. The average Bonchev–Trinajstić information content (AvgIpc) is 2.95. The topological polar surface area (TPSA) is 17.8 Å². The lowest BCUT2D eigenvalue weighted by molar-refractivity contribution is 0.677. The van der Waals surface area contributed by atoms with E-state index in [-0.39, 0.29) is 0 Å². The fourth-order valence-electron chi connectivity index (χ4n) is 2.50. The van der Waals surface area contributed by atoms with E-state index in [2.05, 4.69) is 12.0 Å². The summed E-state index contributed by atoms with van der Waals surface area (Å²) in [5.74, 6) is 0. The van der Waals surface area contributed by atoms with Crippen molar-refractivity contribution in [3.8, 4) is 0 Å². The molecule has 3 rings (SSSR count). The number of fused-ring (bicyclic) bond motifs is 1. The van der Waals surface area contributed by atoms with Crippen molar-refractivity contribution in [3.63, 3.8) is 0 Å². The van der Waals surface area contributed by atoms with Gasteiger partial charge in [0, 0.05) is 10.0 Å². The number of benzene rings is 1. The molecule has 1 aliphatic rings. The molecule has 0 unspecified atom stereocenters. The highest BCUT2D eigenvalue weighted by Crippen LogP contribution is 2.32. The van der Waals surface area contributed by atoms with E-state index in [1.807, 2.05) is 29.1 Å². The largest absolute Gasteiger partial charge is 0.260 e. The van der Waals surface area contributed by atoms with E-state index in [4.69, 9.17) is 23.2 Å². The zero-order valence-corrected chi connectivity index (χ0v) is 11.9. The molecule has 1 aromatic carbocycles. The molecule has 2 aromatic rings. The maximum absolute atomic E-state index is 6.22. The maximum Gasteiger partial charge on any atom is 0.0681 e. The molecule has 0 aliphatic heterocycles. The Balaban J connectivity index is 1.97. The fraction of sp³-hybridized carbons (Fsp3) is 0.200. The monoisotopic (exact) mass is 291 g/mol. The van der Waals surface area contributed by atoms with E-state index in [9.17, 15) is 0 Å². The predicted molar refractivity (Wildman–Crippen MR) is 79.4 cm³/mol. The Hall–Kier alpha value is -1.25. The van der Waals surface area contributed by atoms with Gasteiger partial charge < -0.3 is 0 Å². The predicted octanol–water partition coefficient (Wildman–Crippen LogP) is 4.40. The zero-order chi connectivity index (χ0) is 13.4. The van der Waals surface area contributed by atoms with Crippen LogP contribution >= 0.6 is 23.2 Å². The van der Waals surface area contributed by atoms with Crippen LogP contribution in [0.3, 0.4) is 0 Å². The smallest absolute Gasteiger partial charge is 0.0681 e. The number of halogens is 2. The third-order valence-corrected chi connectivity index (χ3v) is 4.05. The Morgan fingerprint density at radius 2 is 2.16 bits per heavy atom. The zero-order valence-electron chi connectivity index (χ0n) is 10.4. The average molecular weight is 292 g/mol. The first kappa shape index (κ1) is 12.8. The summed E-state index contributed by atoms with van der Waals surface area (Å²) < 4.78 is 1.99. The molecule has 0 bridgehead atoms. The van der Waals surface area contributed by atoms with Crippen molar-refractivity contribution in [3.05, 3.63) is 64.3 Å². The summed E-state index contributed by atoms with van der Waals surface area (Å²) in [5.41, 5.74) is 4.77. The first-order valence-electron chi connectivity index (χ1n) is 6.16. The molecule has 1 aromatic heterocycles. The minimum absolute atomic E-state index is 0.651. The summed E-state index contributed by atoms with van der Waals surface area (Å²) in [4.78, 5) is 0. The Labute approximate surface area is 122 Å². The van der Waals surface area contributed by atoms with Crippen LogP contribution in [0.1, 0.15) is 23.2 Å². The summed E-state index contributed by atoms with van der Waals surface area (Å²) in [5, 5.41) is 5.78. The van der Waals surface area contributed by atoms with E-state index >= 15 is 0 Å². The fourth-order valence-corrected chi connectivity index (χ4v) is 2.96. The number of hydrogen-bond donors (Lipinski definition) is 0. The van der Waals surface area contributed by atoms with Crippen LogP contribution < -0.4 is 0 Å². The Kier molecular flexibility index (Phi) is 3.38. The van der Waals surface area contributed by atoms with Gasteiger partial charge in [0.15, 0.2) is 0 Å². The van der Waals surface area contributed by atoms with Crippen LogP contribution in [0, 0.1) is 6.92 Å². The Bertz CT molecular complexity index is 656. The normalized spacial score (nSPS) is 16.1. The van der Waals surface area contributed by atoms with Gasteiger partial charge in [0.25, 0.3) is 0 Å². The van der Waals surface area contributed by atoms with E-state index in [1.165, 1.54) is 16.8 Å². The second-order valence-corrected chi connectivity index (χ2v) is 5.48. The molecule has 1 aliphatic carbocycles. The highest BCUT2D eigenvalue weighted by Gasteiger charge is 2.21. The van der Waals surface area contributed by atoms with Crippen LogP contribution in [0.4, 0.5) is 0 Å². The molecule has 1 radical (unpaired) electrons. The lowest BCUT2D eigenvalue weighted by Crippen LogP contribution is -2.05. The SMILES string of the molecule is [CH2]/C=C1\CCc2cnn(Cc3ccc(Cl)cc3Cl)c21. The van der Waals surface area contributed by atoms with E-state index < -0.39 is 0 Å². The summed E-state index contributed by atoms with van der Waals surface area (Å²) in [7, 11) is 0. The van der Waals surface area contributed by atoms with Gasteiger partial charge in [0.1, 0.15) is 0 Å². The van der Waals surface area contributed by atoms with Crippen LogP contribution in [0.25, 0.3) is 5.57 Å². The van der Waals surface area contributed by atoms with Crippen molar-refractivity contribution in [1.29, 1.82) is 0 Å². The molecule has 0 N–H and O–H groups in total. The first-order valence-corrected chi connectivity index (χ1v) is 6.92. The molecule has 4 heteroatoms. The van der Waals surface area contributed by atoms with E-state index in [1.54, 1.807) is 6.07 Å². The summed E-state index contributed by atoms with van der Waals surface area (Å²) in [6.07, 6.45) is 5.96. The van der Waals surface area contributed by atoms with Crippen LogP contribution in [-0.4, -0.2) is 9.78 Å². The van der Waals surface area contributed by atoms with E-state index in [0.717, 1.165) is 18.4 Å². The highest BCUT2D eigenvalue weighted by atomic mass is 35.5. The lowest BCUT2D eigenvalue weighted by atomic mass is 10.2. The van der Waals surface area contributed by atoms with Gasteiger partial charge in [-0.3, -0.25) is 4.68 Å². The quantitative estimate of drug-likeness (QED) is 0.802. The number of aryl methyl sites for hydroxylation is 1. The molecular weight excluding hydrogens is 279 g/mol. The number of nitrogens with zero attached hydrogens (tertiary/aromatic N) is 2. The minimum Gasteiger partial charge on any atom is -0.260 e. The highest BCUT2D eigenvalue weighted by molar-refractivity contribution is 6.35.